The Morgan fingerprint density at radius 1 is 1.29 bits per heavy atom. The Morgan fingerprint density at radius 3 is 2.57 bits per heavy atom. The number of carbonyl (C=O) groups is 1. The standard InChI is InChI=1S/C13H16Cl2N2O3S/c14-10-4-1-5-11(15)13(10)17-12(18)7-16-9-3-2-6-21(19,20)8-9/h1,4-5,9,16H,2-3,6-8H2,(H,17,18). The summed E-state index contributed by atoms with van der Waals surface area (Å²) in [6.07, 6.45) is 1.37. The van der Waals surface area contributed by atoms with Gasteiger partial charge in [-0.05, 0) is 25.0 Å². The number of halogens is 2. The summed E-state index contributed by atoms with van der Waals surface area (Å²) in [5, 5.41) is 6.30. The highest BCUT2D eigenvalue weighted by atomic mass is 35.5. The van der Waals surface area contributed by atoms with Crippen molar-refractivity contribution in [1.29, 1.82) is 0 Å². The summed E-state index contributed by atoms with van der Waals surface area (Å²) >= 11 is 11.9. The summed E-state index contributed by atoms with van der Waals surface area (Å²) in [7, 11) is -2.99. The van der Waals surface area contributed by atoms with Crippen molar-refractivity contribution in [2.75, 3.05) is 23.4 Å². The van der Waals surface area contributed by atoms with E-state index >= 15 is 0 Å². The van der Waals surface area contributed by atoms with Crippen molar-refractivity contribution >= 4 is 44.6 Å². The number of carbonyl (C=O) groups excluding carboxylic acids is 1. The van der Waals surface area contributed by atoms with Gasteiger partial charge in [-0.1, -0.05) is 29.3 Å². The van der Waals surface area contributed by atoms with Gasteiger partial charge in [0.05, 0.1) is 33.8 Å². The average molecular weight is 351 g/mol. The molecule has 1 amide bonds. The maximum absolute atomic E-state index is 11.9. The number of hydrogen-bond acceptors (Lipinski definition) is 4. The van der Waals surface area contributed by atoms with Crippen molar-refractivity contribution in [2.24, 2.45) is 0 Å². The van der Waals surface area contributed by atoms with Crippen molar-refractivity contribution in [3.05, 3.63) is 28.2 Å². The zero-order chi connectivity index (χ0) is 15.5. The monoisotopic (exact) mass is 350 g/mol. The van der Waals surface area contributed by atoms with Gasteiger partial charge in [-0.25, -0.2) is 8.42 Å². The Labute approximate surface area is 133 Å². The van der Waals surface area contributed by atoms with E-state index in [1.54, 1.807) is 18.2 Å². The van der Waals surface area contributed by atoms with E-state index in [1.807, 2.05) is 0 Å². The number of amides is 1. The zero-order valence-electron chi connectivity index (χ0n) is 11.2. The summed E-state index contributed by atoms with van der Waals surface area (Å²) in [5.74, 6) is -0.00677. The second kappa shape index (κ2) is 6.96. The van der Waals surface area contributed by atoms with Crippen LogP contribution in [-0.4, -0.2) is 38.4 Å². The minimum absolute atomic E-state index is 0.0156. The molecule has 0 aliphatic carbocycles. The van der Waals surface area contributed by atoms with Crippen LogP contribution in [-0.2, 0) is 14.6 Å². The Bertz CT molecular complexity index is 614. The predicted octanol–water partition coefficient (Wildman–Crippen LogP) is 2.10. The van der Waals surface area contributed by atoms with Gasteiger partial charge in [0.2, 0.25) is 5.91 Å². The molecule has 2 rings (SSSR count). The number of rotatable bonds is 4. The highest BCUT2D eigenvalue weighted by molar-refractivity contribution is 7.91. The fourth-order valence-electron chi connectivity index (χ4n) is 2.22. The normalized spacial score (nSPS) is 21.0. The number of nitrogens with one attached hydrogen (secondary N) is 2. The third-order valence-electron chi connectivity index (χ3n) is 3.24. The molecule has 1 aromatic carbocycles. The van der Waals surface area contributed by atoms with Crippen LogP contribution in [0.15, 0.2) is 18.2 Å². The Balaban J connectivity index is 1.88. The molecule has 1 atom stereocenters. The zero-order valence-corrected chi connectivity index (χ0v) is 13.6. The Hall–Kier alpha value is -0.820. The summed E-state index contributed by atoms with van der Waals surface area (Å²) in [6.45, 7) is 0.0156. The van der Waals surface area contributed by atoms with Gasteiger partial charge in [0.25, 0.3) is 0 Å². The van der Waals surface area contributed by atoms with Crippen LogP contribution in [0.4, 0.5) is 5.69 Å². The number of sulfone groups is 1. The third-order valence-corrected chi connectivity index (χ3v) is 5.69. The molecule has 1 heterocycles. The van der Waals surface area contributed by atoms with Gasteiger partial charge < -0.3 is 10.6 Å². The van der Waals surface area contributed by atoms with Crippen LogP contribution in [0.1, 0.15) is 12.8 Å². The topological polar surface area (TPSA) is 75.3 Å². The maximum atomic E-state index is 11.9. The fourth-order valence-corrected chi connectivity index (χ4v) is 4.38. The quantitative estimate of drug-likeness (QED) is 0.871. The molecule has 21 heavy (non-hydrogen) atoms. The van der Waals surface area contributed by atoms with E-state index in [-0.39, 0.29) is 30.0 Å². The molecule has 0 saturated carbocycles. The van der Waals surface area contributed by atoms with E-state index < -0.39 is 9.84 Å². The molecule has 2 N–H and O–H groups in total. The second-order valence-corrected chi connectivity index (χ2v) is 8.02. The van der Waals surface area contributed by atoms with Crippen LogP contribution in [0.25, 0.3) is 0 Å². The van der Waals surface area contributed by atoms with E-state index in [0.29, 0.717) is 22.2 Å². The van der Waals surface area contributed by atoms with Crippen molar-refractivity contribution in [3.8, 4) is 0 Å². The first-order chi connectivity index (χ1) is 9.87. The summed E-state index contributed by atoms with van der Waals surface area (Å²) in [6, 6.07) is 4.76. The summed E-state index contributed by atoms with van der Waals surface area (Å²) in [4.78, 5) is 11.9. The van der Waals surface area contributed by atoms with Gasteiger partial charge in [-0.15, -0.1) is 0 Å². The highest BCUT2D eigenvalue weighted by Gasteiger charge is 2.24. The van der Waals surface area contributed by atoms with Gasteiger partial charge in [-0.2, -0.15) is 0 Å². The molecule has 0 spiro atoms. The van der Waals surface area contributed by atoms with Crippen LogP contribution in [0.2, 0.25) is 10.0 Å². The van der Waals surface area contributed by atoms with Gasteiger partial charge >= 0.3 is 0 Å². The first-order valence-corrected chi connectivity index (χ1v) is 9.13. The molecular formula is C13H16Cl2N2O3S. The average Bonchev–Trinajstić information content (AvgIpc) is 2.40. The fraction of sp³-hybridized carbons (Fsp3) is 0.462. The molecule has 1 unspecified atom stereocenters. The van der Waals surface area contributed by atoms with E-state index in [2.05, 4.69) is 10.6 Å². The molecule has 1 saturated heterocycles. The molecule has 1 fully saturated rings. The Kier molecular flexibility index (Phi) is 5.48. The summed E-state index contributed by atoms with van der Waals surface area (Å²) < 4.78 is 23.0. The number of benzene rings is 1. The first kappa shape index (κ1) is 16.5. The van der Waals surface area contributed by atoms with Gasteiger partial charge in [0.15, 0.2) is 9.84 Å². The van der Waals surface area contributed by atoms with Crippen LogP contribution in [0.3, 0.4) is 0 Å². The number of anilines is 1. The molecule has 0 bridgehead atoms. The van der Waals surface area contributed by atoms with Crippen molar-refractivity contribution in [2.45, 2.75) is 18.9 Å². The predicted molar refractivity (Wildman–Crippen MR) is 84.8 cm³/mol. The molecule has 8 heteroatoms. The number of para-hydroxylation sites is 1. The smallest absolute Gasteiger partial charge is 0.238 e. The molecule has 116 valence electrons. The highest BCUT2D eigenvalue weighted by Crippen LogP contribution is 2.29. The summed E-state index contributed by atoms with van der Waals surface area (Å²) in [5.41, 5.74) is 0.365. The van der Waals surface area contributed by atoms with Crippen molar-refractivity contribution in [1.82, 2.24) is 5.32 Å². The maximum Gasteiger partial charge on any atom is 0.238 e. The molecule has 0 radical (unpaired) electrons. The van der Waals surface area contributed by atoms with Gasteiger partial charge in [0, 0.05) is 6.04 Å². The molecule has 1 aliphatic heterocycles. The van der Waals surface area contributed by atoms with Crippen LogP contribution in [0.5, 0.6) is 0 Å². The first-order valence-electron chi connectivity index (χ1n) is 6.55. The molecule has 0 aromatic heterocycles. The van der Waals surface area contributed by atoms with E-state index in [9.17, 15) is 13.2 Å². The van der Waals surface area contributed by atoms with Gasteiger partial charge in [-0.3, -0.25) is 4.79 Å². The molecular weight excluding hydrogens is 335 g/mol. The molecule has 1 aromatic rings. The minimum atomic E-state index is -2.99. The lowest BCUT2D eigenvalue weighted by molar-refractivity contribution is -0.115. The van der Waals surface area contributed by atoms with Gasteiger partial charge in [0.1, 0.15) is 0 Å². The largest absolute Gasteiger partial charge is 0.322 e. The Morgan fingerprint density at radius 2 is 1.95 bits per heavy atom. The lowest BCUT2D eigenvalue weighted by atomic mass is 10.2. The van der Waals surface area contributed by atoms with Crippen molar-refractivity contribution in [3.63, 3.8) is 0 Å². The lowest BCUT2D eigenvalue weighted by Gasteiger charge is -2.22. The second-order valence-electron chi connectivity index (χ2n) is 4.98. The minimum Gasteiger partial charge on any atom is -0.322 e. The molecule has 1 aliphatic rings. The van der Waals surface area contributed by atoms with E-state index in [0.717, 1.165) is 6.42 Å². The third kappa shape index (κ3) is 4.85. The van der Waals surface area contributed by atoms with Crippen LogP contribution < -0.4 is 10.6 Å². The van der Waals surface area contributed by atoms with Crippen LogP contribution >= 0.6 is 23.2 Å². The SMILES string of the molecule is O=C(CNC1CCCS(=O)(=O)C1)Nc1c(Cl)cccc1Cl. The van der Waals surface area contributed by atoms with E-state index in [4.69, 9.17) is 23.2 Å². The lowest BCUT2D eigenvalue weighted by Crippen LogP contribution is -2.43. The van der Waals surface area contributed by atoms with Crippen LogP contribution in [0, 0.1) is 0 Å². The number of hydrogen-bond donors (Lipinski definition) is 2. The van der Waals surface area contributed by atoms with Crippen molar-refractivity contribution < 1.29 is 13.2 Å². The molecule has 5 nitrogen and oxygen atoms in total. The van der Waals surface area contributed by atoms with E-state index in [1.165, 1.54) is 0 Å².